The topological polar surface area (TPSA) is 76.1 Å². The number of allylic oxidation sites excluding steroid dienone is 1. The Morgan fingerprint density at radius 1 is 1.16 bits per heavy atom. The number of likely N-dealkylation sites (tertiary alicyclic amines) is 2. The Bertz CT molecular complexity index is 1260. The number of nitrogens with two attached hydrogens (primary N) is 1. The van der Waals surface area contributed by atoms with Crippen molar-refractivity contribution >= 4 is 22.8 Å². The smallest absolute Gasteiger partial charge is 0.170 e. The molecule has 0 aliphatic carbocycles. The van der Waals surface area contributed by atoms with Crippen molar-refractivity contribution in [2.24, 2.45) is 5.73 Å². The van der Waals surface area contributed by atoms with E-state index < -0.39 is 11.3 Å². The van der Waals surface area contributed by atoms with Crippen LogP contribution in [-0.4, -0.2) is 67.3 Å². The summed E-state index contributed by atoms with van der Waals surface area (Å²) in [5.74, 6) is 0.416. The Hall–Kier alpha value is -2.56. The van der Waals surface area contributed by atoms with E-state index in [2.05, 4.69) is 31.1 Å². The number of rotatable bonds is 8. The van der Waals surface area contributed by atoms with E-state index in [1.165, 1.54) is 11.8 Å². The fourth-order valence-electron chi connectivity index (χ4n) is 5.68. The van der Waals surface area contributed by atoms with Crippen LogP contribution in [0.5, 0.6) is 0 Å². The molecule has 2 N–H and O–H groups in total. The van der Waals surface area contributed by atoms with Crippen LogP contribution in [0.25, 0.3) is 11.0 Å². The summed E-state index contributed by atoms with van der Waals surface area (Å²) in [6, 6.07) is 7.83. The minimum atomic E-state index is -1.43. The molecule has 10 heteroatoms. The maximum atomic E-state index is 16.1. The molecule has 2 aliphatic heterocycles. The van der Waals surface area contributed by atoms with Gasteiger partial charge in [-0.2, -0.15) is 10.2 Å². The summed E-state index contributed by atoms with van der Waals surface area (Å²) in [5.41, 5.74) is 7.16. The molecule has 0 saturated carbocycles. The number of hydrogen-bond donors (Lipinski definition) is 1. The van der Waals surface area contributed by atoms with E-state index in [1.807, 2.05) is 24.3 Å². The highest BCUT2D eigenvalue weighted by atomic mass is 32.2. The Kier molecular flexibility index (Phi) is 7.75. The van der Waals surface area contributed by atoms with Gasteiger partial charge in [-0.25, -0.2) is 13.8 Å². The summed E-state index contributed by atoms with van der Waals surface area (Å²) < 4.78 is 32.9. The molecule has 0 radical (unpaired) electrons. The lowest BCUT2D eigenvalue weighted by molar-refractivity contribution is 0.0519. The molecule has 5 rings (SSSR count). The van der Waals surface area contributed by atoms with E-state index in [0.29, 0.717) is 43.1 Å². The third-order valence-electron chi connectivity index (χ3n) is 7.98. The number of aromatic nitrogens is 4. The molecule has 38 heavy (non-hydrogen) atoms. The zero-order valence-electron chi connectivity index (χ0n) is 22.2. The molecule has 0 amide bonds. The van der Waals surface area contributed by atoms with Gasteiger partial charge in [-0.1, -0.05) is 24.4 Å². The number of fused-ring (bicyclic) bond motifs is 1. The van der Waals surface area contributed by atoms with Crippen molar-refractivity contribution in [1.82, 2.24) is 29.5 Å². The Morgan fingerprint density at radius 2 is 1.89 bits per heavy atom. The monoisotopic (exact) mass is 541 g/mol. The average molecular weight is 542 g/mol. The summed E-state index contributed by atoms with van der Waals surface area (Å²) in [6.45, 7) is 11.0. The first-order valence-electron chi connectivity index (χ1n) is 13.3. The van der Waals surface area contributed by atoms with Gasteiger partial charge < -0.3 is 15.2 Å². The van der Waals surface area contributed by atoms with Gasteiger partial charge in [0, 0.05) is 56.5 Å². The maximum Gasteiger partial charge on any atom is 0.170 e. The number of nitrogens with zero attached hydrogens (tertiary/aromatic N) is 6. The molecule has 0 bridgehead atoms. The van der Waals surface area contributed by atoms with E-state index in [0.717, 1.165) is 54.2 Å². The van der Waals surface area contributed by atoms with Gasteiger partial charge in [-0.05, 0) is 68.9 Å². The predicted molar refractivity (Wildman–Crippen MR) is 148 cm³/mol. The summed E-state index contributed by atoms with van der Waals surface area (Å²) in [5, 5.41) is 8.62. The number of thioether (sulfide) groups is 1. The Balaban J connectivity index is 1.24. The van der Waals surface area contributed by atoms with Crippen LogP contribution in [0, 0.1) is 0 Å². The molecule has 2 fully saturated rings. The summed E-state index contributed by atoms with van der Waals surface area (Å²) in [4.78, 5) is 9.21. The molecular weight excluding hydrogens is 504 g/mol. The predicted octanol–water partition coefficient (Wildman–Crippen LogP) is 5.19. The fraction of sp³-hybridized carbons (Fsp3) is 0.536. The summed E-state index contributed by atoms with van der Waals surface area (Å²) in [6.07, 6.45) is 6.06. The van der Waals surface area contributed by atoms with E-state index in [9.17, 15) is 4.39 Å². The van der Waals surface area contributed by atoms with E-state index >= 15 is 4.39 Å². The lowest BCUT2D eigenvalue weighted by Crippen LogP contribution is -2.47. The molecular formula is C28H37F2N7S. The summed E-state index contributed by atoms with van der Waals surface area (Å²) >= 11 is 1.50. The number of alkyl halides is 2. The Labute approximate surface area is 227 Å². The molecule has 0 atom stereocenters. The van der Waals surface area contributed by atoms with Crippen LogP contribution < -0.4 is 5.73 Å². The highest BCUT2D eigenvalue weighted by molar-refractivity contribution is 7.99. The minimum absolute atomic E-state index is 0.216. The minimum Gasteiger partial charge on any atom is -0.373 e. The van der Waals surface area contributed by atoms with Crippen LogP contribution in [0.3, 0.4) is 0 Å². The number of benzene rings is 1. The van der Waals surface area contributed by atoms with Crippen molar-refractivity contribution in [1.29, 1.82) is 0 Å². The summed E-state index contributed by atoms with van der Waals surface area (Å²) in [7, 11) is 0. The van der Waals surface area contributed by atoms with Crippen molar-refractivity contribution in [3.05, 3.63) is 60.1 Å². The number of halogens is 2. The Morgan fingerprint density at radius 3 is 2.53 bits per heavy atom. The maximum absolute atomic E-state index is 16.1. The van der Waals surface area contributed by atoms with Crippen LogP contribution in [0.15, 0.2) is 54.1 Å². The average Bonchev–Trinajstić information content (AvgIpc) is 3.27. The van der Waals surface area contributed by atoms with Gasteiger partial charge in [-0.3, -0.25) is 4.90 Å². The molecule has 4 heterocycles. The van der Waals surface area contributed by atoms with Crippen molar-refractivity contribution < 1.29 is 8.78 Å². The third kappa shape index (κ3) is 5.58. The van der Waals surface area contributed by atoms with E-state index in [1.54, 1.807) is 26.2 Å². The van der Waals surface area contributed by atoms with Gasteiger partial charge in [0.25, 0.3) is 0 Å². The molecule has 2 aromatic heterocycles. The van der Waals surface area contributed by atoms with Crippen LogP contribution in [0.4, 0.5) is 8.78 Å². The van der Waals surface area contributed by atoms with Crippen LogP contribution in [0.2, 0.25) is 0 Å². The third-order valence-corrected chi connectivity index (χ3v) is 8.70. The molecule has 204 valence electrons. The van der Waals surface area contributed by atoms with Crippen LogP contribution in [0.1, 0.15) is 56.7 Å². The highest BCUT2D eigenvalue weighted by Crippen LogP contribution is 2.39. The van der Waals surface area contributed by atoms with Crippen LogP contribution >= 0.6 is 11.8 Å². The SMILES string of the molecule is C=C(N1CCC(n2c(SCN)nc3cc(C(C)(C)F)ccc32)CC1)C1(F)CCN(Cc2ccnnc2)CC1. The fourth-order valence-corrected chi connectivity index (χ4v) is 6.38. The second-order valence-electron chi connectivity index (χ2n) is 10.9. The molecule has 2 aliphatic rings. The van der Waals surface area contributed by atoms with Gasteiger partial charge in [0.15, 0.2) is 10.8 Å². The van der Waals surface area contributed by atoms with Crippen molar-refractivity contribution in [3.63, 3.8) is 0 Å². The molecule has 7 nitrogen and oxygen atoms in total. The molecule has 3 aromatic rings. The van der Waals surface area contributed by atoms with Gasteiger partial charge in [0.05, 0.1) is 17.2 Å². The van der Waals surface area contributed by atoms with Gasteiger partial charge in [0.2, 0.25) is 0 Å². The lowest BCUT2D eigenvalue weighted by atomic mass is 9.88. The quantitative estimate of drug-likeness (QED) is 0.311. The lowest BCUT2D eigenvalue weighted by Gasteiger charge is -2.44. The number of imidazole rings is 1. The molecule has 0 unspecified atom stereocenters. The molecule has 2 saturated heterocycles. The zero-order chi connectivity index (χ0) is 26.9. The van der Waals surface area contributed by atoms with E-state index in [4.69, 9.17) is 10.7 Å². The highest BCUT2D eigenvalue weighted by Gasteiger charge is 2.40. The van der Waals surface area contributed by atoms with Crippen molar-refractivity contribution in [2.75, 3.05) is 32.1 Å². The second-order valence-corrected chi connectivity index (χ2v) is 11.9. The standard InChI is InChI=1S/C28H37F2N7S/c1-20(28(30)9-14-35(15-10-28)18-21-6-11-32-33-17-21)36-12-7-23(8-13-36)37-25-5-4-22(27(2,3)29)16-24(25)34-26(37)38-19-31/h4-6,11,16-17,23H,1,7-10,12-15,18-19,31H2,2-3H3. The first-order valence-corrected chi connectivity index (χ1v) is 14.3. The molecule has 0 spiro atoms. The van der Waals surface area contributed by atoms with Gasteiger partial charge in [-0.15, -0.1) is 0 Å². The first-order chi connectivity index (χ1) is 18.2. The number of hydrogen-bond acceptors (Lipinski definition) is 7. The van der Waals surface area contributed by atoms with Gasteiger partial charge >= 0.3 is 0 Å². The van der Waals surface area contributed by atoms with Gasteiger partial charge in [0.1, 0.15) is 5.67 Å². The number of piperidine rings is 2. The molecule has 1 aromatic carbocycles. The van der Waals surface area contributed by atoms with Crippen LogP contribution in [-0.2, 0) is 12.2 Å². The van der Waals surface area contributed by atoms with E-state index in [-0.39, 0.29) is 6.04 Å². The second kappa shape index (κ2) is 10.9. The van der Waals surface area contributed by atoms with Crippen molar-refractivity contribution in [2.45, 2.75) is 68.6 Å². The first kappa shape index (κ1) is 27.0. The largest absolute Gasteiger partial charge is 0.373 e. The van der Waals surface area contributed by atoms with Crippen molar-refractivity contribution in [3.8, 4) is 0 Å². The zero-order valence-corrected chi connectivity index (χ0v) is 23.1. The normalized spacial score (nSPS) is 19.2.